The zero-order valence-corrected chi connectivity index (χ0v) is 17.5. The zero-order valence-electron chi connectivity index (χ0n) is 16.7. The molecule has 0 radical (unpaired) electrons. The van der Waals surface area contributed by atoms with Crippen molar-refractivity contribution in [3.05, 3.63) is 54.7 Å². The van der Waals surface area contributed by atoms with E-state index in [1.807, 2.05) is 30.3 Å². The molecule has 0 fully saturated rings. The number of hydrogen-bond donors (Lipinski definition) is 3. The molecular formula is C21H20N6O2S. The van der Waals surface area contributed by atoms with Crippen molar-refractivity contribution in [3.8, 4) is 22.4 Å². The van der Waals surface area contributed by atoms with Crippen LogP contribution in [0.15, 0.2) is 48.9 Å². The summed E-state index contributed by atoms with van der Waals surface area (Å²) in [5.41, 5.74) is 2.97. The molecule has 0 unspecified atom stereocenters. The van der Waals surface area contributed by atoms with Crippen LogP contribution >= 0.6 is 11.3 Å². The first kappa shape index (κ1) is 19.9. The lowest BCUT2D eigenvalue weighted by Crippen LogP contribution is -2.24. The molecule has 0 aliphatic rings. The summed E-state index contributed by atoms with van der Waals surface area (Å²) in [7, 11) is 1.55. The predicted molar refractivity (Wildman–Crippen MR) is 117 cm³/mol. The number of urea groups is 1. The molecule has 0 atom stereocenters. The van der Waals surface area contributed by atoms with Crippen molar-refractivity contribution in [1.29, 1.82) is 0 Å². The van der Waals surface area contributed by atoms with Gasteiger partial charge in [-0.05, 0) is 43.7 Å². The number of hydrogen-bond acceptors (Lipinski definition) is 7. The summed E-state index contributed by atoms with van der Waals surface area (Å²) in [4.78, 5) is 29.4. The number of aliphatic hydroxyl groups is 1. The Kier molecular flexibility index (Phi) is 5.15. The molecular weight excluding hydrogens is 400 g/mol. The maximum absolute atomic E-state index is 11.7. The number of thiazole rings is 1. The monoisotopic (exact) mass is 420 g/mol. The number of nitrogens with zero attached hydrogens (tertiary/aromatic N) is 4. The Morgan fingerprint density at radius 2 is 1.87 bits per heavy atom. The fourth-order valence-corrected chi connectivity index (χ4v) is 3.88. The van der Waals surface area contributed by atoms with Gasteiger partial charge in [0.1, 0.15) is 5.60 Å². The van der Waals surface area contributed by atoms with Gasteiger partial charge in [0.2, 0.25) is 0 Å². The third kappa shape index (κ3) is 3.98. The number of carbonyl (C=O) groups is 1. The molecule has 0 saturated carbocycles. The number of carbonyl (C=O) groups excluding carboxylic acids is 1. The molecule has 0 bridgehead atoms. The van der Waals surface area contributed by atoms with E-state index in [2.05, 4.69) is 30.6 Å². The van der Waals surface area contributed by atoms with Crippen molar-refractivity contribution in [2.45, 2.75) is 19.4 Å². The van der Waals surface area contributed by atoms with E-state index in [0.29, 0.717) is 11.0 Å². The summed E-state index contributed by atoms with van der Waals surface area (Å²) in [5, 5.41) is 15.8. The van der Waals surface area contributed by atoms with Crippen molar-refractivity contribution >= 4 is 32.7 Å². The van der Waals surface area contributed by atoms with E-state index < -0.39 is 5.60 Å². The van der Waals surface area contributed by atoms with Crippen LogP contribution in [-0.2, 0) is 5.60 Å². The van der Waals surface area contributed by atoms with Crippen molar-refractivity contribution < 1.29 is 9.90 Å². The minimum atomic E-state index is -1.11. The Balaban J connectivity index is 1.85. The Bertz CT molecular complexity index is 1200. The third-order valence-electron chi connectivity index (χ3n) is 4.41. The quantitative estimate of drug-likeness (QED) is 0.463. The van der Waals surface area contributed by atoms with Crippen LogP contribution in [0.4, 0.5) is 9.93 Å². The molecule has 3 aromatic heterocycles. The zero-order chi connectivity index (χ0) is 21.3. The van der Waals surface area contributed by atoms with Crippen molar-refractivity contribution in [3.63, 3.8) is 0 Å². The van der Waals surface area contributed by atoms with Crippen LogP contribution in [0.3, 0.4) is 0 Å². The van der Waals surface area contributed by atoms with Gasteiger partial charge in [-0.2, -0.15) is 0 Å². The van der Waals surface area contributed by atoms with E-state index in [4.69, 9.17) is 0 Å². The number of fused-ring (bicyclic) bond motifs is 1. The average molecular weight is 420 g/mol. The van der Waals surface area contributed by atoms with Gasteiger partial charge in [0.15, 0.2) is 11.0 Å². The molecule has 4 aromatic rings. The summed E-state index contributed by atoms with van der Waals surface area (Å²) in [6.07, 6.45) is 5.10. The number of aromatic nitrogens is 4. The van der Waals surface area contributed by atoms with Crippen LogP contribution in [0.25, 0.3) is 32.6 Å². The summed E-state index contributed by atoms with van der Waals surface area (Å²) in [6, 6.07) is 9.32. The number of anilines is 1. The van der Waals surface area contributed by atoms with Gasteiger partial charge in [-0.25, -0.2) is 19.7 Å². The topological polar surface area (TPSA) is 113 Å². The summed E-state index contributed by atoms with van der Waals surface area (Å²) in [5.74, 6) is 0.350. The van der Waals surface area contributed by atoms with Gasteiger partial charge in [-0.15, -0.1) is 0 Å². The molecule has 152 valence electrons. The molecule has 9 heteroatoms. The normalized spacial score (nSPS) is 11.5. The van der Waals surface area contributed by atoms with Gasteiger partial charge in [0.25, 0.3) is 0 Å². The molecule has 0 aliphatic carbocycles. The fraction of sp³-hybridized carbons (Fsp3) is 0.190. The molecule has 0 spiro atoms. The Labute approximate surface area is 177 Å². The SMILES string of the molecule is CNC(=O)Nc1nc2cc(-c3cnc(C(C)(C)O)nc3)cc(-c3ccccn3)c2s1. The highest BCUT2D eigenvalue weighted by Crippen LogP contribution is 2.38. The van der Waals surface area contributed by atoms with Gasteiger partial charge in [0.05, 0.1) is 15.9 Å². The minimum absolute atomic E-state index is 0.329. The van der Waals surface area contributed by atoms with Crippen molar-refractivity contribution in [2.24, 2.45) is 0 Å². The van der Waals surface area contributed by atoms with Gasteiger partial charge >= 0.3 is 6.03 Å². The van der Waals surface area contributed by atoms with Gasteiger partial charge in [-0.3, -0.25) is 10.3 Å². The standard InChI is InChI=1S/C21H20N6O2S/c1-21(2,29)18-24-10-13(11-25-18)12-8-14(15-6-4-5-7-23-15)17-16(9-12)26-20(30-17)27-19(28)22-3/h4-11,29H,1-3H3,(H2,22,26,27,28). The van der Waals surface area contributed by atoms with Gasteiger partial charge in [-0.1, -0.05) is 17.4 Å². The Morgan fingerprint density at radius 3 is 2.50 bits per heavy atom. The third-order valence-corrected chi connectivity index (χ3v) is 5.43. The molecule has 3 N–H and O–H groups in total. The molecule has 0 aliphatic heterocycles. The largest absolute Gasteiger partial charge is 0.382 e. The lowest BCUT2D eigenvalue weighted by Gasteiger charge is -2.15. The van der Waals surface area contributed by atoms with Crippen molar-refractivity contribution in [1.82, 2.24) is 25.3 Å². The van der Waals surface area contributed by atoms with Crippen LogP contribution < -0.4 is 10.6 Å². The van der Waals surface area contributed by atoms with Crippen LogP contribution in [0.2, 0.25) is 0 Å². The molecule has 1 aromatic carbocycles. The average Bonchev–Trinajstić information content (AvgIpc) is 3.15. The molecule has 3 heterocycles. The number of benzene rings is 1. The number of pyridine rings is 1. The first-order valence-electron chi connectivity index (χ1n) is 9.25. The maximum Gasteiger partial charge on any atom is 0.320 e. The number of amides is 2. The number of rotatable bonds is 4. The lowest BCUT2D eigenvalue weighted by atomic mass is 10.0. The highest BCUT2D eigenvalue weighted by atomic mass is 32.1. The minimum Gasteiger partial charge on any atom is -0.382 e. The second-order valence-corrected chi connectivity index (χ2v) is 8.16. The van der Waals surface area contributed by atoms with Gasteiger partial charge in [0, 0.05) is 36.8 Å². The van der Waals surface area contributed by atoms with E-state index in [1.165, 1.54) is 11.3 Å². The smallest absolute Gasteiger partial charge is 0.320 e. The summed E-state index contributed by atoms with van der Waals surface area (Å²) in [6.45, 7) is 3.28. The lowest BCUT2D eigenvalue weighted by molar-refractivity contribution is 0.0687. The molecule has 2 amide bonds. The molecule has 30 heavy (non-hydrogen) atoms. The van der Waals surface area contributed by atoms with Crippen molar-refractivity contribution in [2.75, 3.05) is 12.4 Å². The first-order valence-corrected chi connectivity index (χ1v) is 10.1. The van der Waals surface area contributed by atoms with Crippen LogP contribution in [-0.4, -0.2) is 38.1 Å². The van der Waals surface area contributed by atoms with E-state index in [0.717, 1.165) is 32.6 Å². The highest BCUT2D eigenvalue weighted by Gasteiger charge is 2.20. The maximum atomic E-state index is 11.7. The molecule has 8 nitrogen and oxygen atoms in total. The van der Waals surface area contributed by atoms with Crippen LogP contribution in [0.5, 0.6) is 0 Å². The second kappa shape index (κ2) is 7.77. The van der Waals surface area contributed by atoms with Crippen LogP contribution in [0.1, 0.15) is 19.7 Å². The van der Waals surface area contributed by atoms with Crippen LogP contribution in [0, 0.1) is 0 Å². The van der Waals surface area contributed by atoms with E-state index in [-0.39, 0.29) is 6.03 Å². The van der Waals surface area contributed by atoms with Gasteiger partial charge < -0.3 is 10.4 Å². The Hall–Kier alpha value is -3.43. The predicted octanol–water partition coefficient (Wildman–Crippen LogP) is 3.79. The summed E-state index contributed by atoms with van der Waals surface area (Å²) < 4.78 is 0.915. The van der Waals surface area contributed by atoms with E-state index in [9.17, 15) is 9.90 Å². The number of nitrogens with one attached hydrogen (secondary N) is 2. The van der Waals surface area contributed by atoms with E-state index >= 15 is 0 Å². The highest BCUT2D eigenvalue weighted by molar-refractivity contribution is 7.22. The second-order valence-electron chi connectivity index (χ2n) is 7.16. The van der Waals surface area contributed by atoms with E-state index in [1.54, 1.807) is 39.5 Å². The Morgan fingerprint density at radius 1 is 1.10 bits per heavy atom. The fourth-order valence-electron chi connectivity index (χ4n) is 2.92. The molecule has 0 saturated heterocycles. The summed E-state index contributed by atoms with van der Waals surface area (Å²) >= 11 is 1.38. The first-order chi connectivity index (χ1) is 14.3. The molecule has 4 rings (SSSR count).